The molecule has 2 aliphatic rings. The van der Waals surface area contributed by atoms with Crippen molar-refractivity contribution in [2.45, 2.75) is 45.8 Å². The number of amides is 1. The van der Waals surface area contributed by atoms with Crippen molar-refractivity contribution in [3.8, 4) is 28.0 Å². The molecule has 8 heteroatoms. The molecule has 1 saturated heterocycles. The van der Waals surface area contributed by atoms with Gasteiger partial charge >= 0.3 is 0 Å². The van der Waals surface area contributed by atoms with E-state index in [-0.39, 0.29) is 24.3 Å². The Kier molecular flexibility index (Phi) is 8.15. The van der Waals surface area contributed by atoms with Crippen molar-refractivity contribution in [1.29, 1.82) is 0 Å². The van der Waals surface area contributed by atoms with E-state index in [1.54, 1.807) is 13.2 Å². The fraction of sp³-hybridized carbons (Fsp3) is 0.314. The molecule has 2 aliphatic heterocycles. The molecule has 3 aromatic carbocycles. The van der Waals surface area contributed by atoms with E-state index in [2.05, 4.69) is 72.1 Å². The summed E-state index contributed by atoms with van der Waals surface area (Å²) in [6.07, 6.45) is 3.31. The first-order chi connectivity index (χ1) is 20.8. The lowest BCUT2D eigenvalue weighted by atomic mass is 9.90. The lowest BCUT2D eigenvalue weighted by molar-refractivity contribution is -0.119. The van der Waals surface area contributed by atoms with Crippen molar-refractivity contribution in [1.82, 2.24) is 20.5 Å². The first-order valence-electron chi connectivity index (χ1n) is 14.8. The zero-order valence-corrected chi connectivity index (χ0v) is 25.2. The molecule has 1 amide bonds. The predicted molar refractivity (Wildman–Crippen MR) is 169 cm³/mol. The summed E-state index contributed by atoms with van der Waals surface area (Å²) in [4.78, 5) is 18.6. The third-order valence-corrected chi connectivity index (χ3v) is 8.78. The summed E-state index contributed by atoms with van der Waals surface area (Å²) in [5, 5.41) is 9.71. The van der Waals surface area contributed by atoms with Crippen molar-refractivity contribution in [2.24, 2.45) is 0 Å². The monoisotopic (exact) mass is 579 g/mol. The molecular weight excluding hydrogens is 541 g/mol. The largest absolute Gasteiger partial charge is 0.496 e. The Morgan fingerprint density at radius 1 is 1.07 bits per heavy atom. The second kappa shape index (κ2) is 12.1. The average Bonchev–Trinajstić information content (AvgIpc) is 3.42. The second-order valence-corrected chi connectivity index (χ2v) is 11.6. The van der Waals surface area contributed by atoms with Crippen LogP contribution in [-0.4, -0.2) is 49.1 Å². The molecule has 43 heavy (non-hydrogen) atoms. The van der Waals surface area contributed by atoms with E-state index in [1.165, 1.54) is 11.1 Å². The molecule has 0 unspecified atom stereocenters. The number of fused-ring (bicyclic) bond motifs is 1. The van der Waals surface area contributed by atoms with Gasteiger partial charge in [-0.05, 0) is 90.5 Å². The fourth-order valence-corrected chi connectivity index (χ4v) is 6.26. The van der Waals surface area contributed by atoms with Gasteiger partial charge in [-0.3, -0.25) is 4.79 Å². The van der Waals surface area contributed by atoms with Gasteiger partial charge in [0.05, 0.1) is 7.11 Å². The number of carbonyl (C=O) groups is 1. The van der Waals surface area contributed by atoms with Gasteiger partial charge in [0.2, 0.25) is 5.91 Å². The molecule has 0 bridgehead atoms. The van der Waals surface area contributed by atoms with Crippen LogP contribution in [0.1, 0.15) is 34.2 Å². The molecule has 7 nitrogen and oxygen atoms in total. The van der Waals surface area contributed by atoms with Crippen LogP contribution in [0.3, 0.4) is 0 Å². The average molecular weight is 580 g/mol. The number of rotatable bonds is 8. The maximum absolute atomic E-state index is 15.5. The number of anilines is 2. The molecule has 0 spiro atoms. The zero-order chi connectivity index (χ0) is 30.1. The number of ether oxygens (including phenoxy) is 1. The van der Waals surface area contributed by atoms with Crippen LogP contribution in [0.2, 0.25) is 0 Å². The number of hydrogen-bond donors (Lipinski definition) is 3. The highest BCUT2D eigenvalue weighted by molar-refractivity contribution is 5.83. The van der Waals surface area contributed by atoms with E-state index in [0.29, 0.717) is 24.3 Å². The van der Waals surface area contributed by atoms with E-state index >= 15 is 4.39 Å². The standard InChI is InChI=1S/C35H38FN5O2/c1-21-26(24-15-31(36)29(33(16-24)43-4)19-38-25-17-34(42)39-18-25)7-5-8-27(21)28-9-6-10-32(22(28)2)40-35-30-20-41(3)14-12-23(30)11-13-37-35/h5-11,13,15-16,25,38H,12,14,17-20H2,1-4H3,(H,37,40)(H,39,42)/t25-/m0/s1. The summed E-state index contributed by atoms with van der Waals surface area (Å²) in [7, 11) is 3.70. The third kappa shape index (κ3) is 5.85. The van der Waals surface area contributed by atoms with Crippen molar-refractivity contribution < 1.29 is 13.9 Å². The van der Waals surface area contributed by atoms with E-state index in [1.807, 2.05) is 24.4 Å². The number of benzene rings is 3. The van der Waals surface area contributed by atoms with E-state index in [0.717, 1.165) is 64.4 Å². The lowest BCUT2D eigenvalue weighted by Gasteiger charge is -2.27. The summed E-state index contributed by atoms with van der Waals surface area (Å²) in [5.74, 6) is 1.06. The van der Waals surface area contributed by atoms with E-state index < -0.39 is 0 Å². The van der Waals surface area contributed by atoms with Crippen molar-refractivity contribution in [3.63, 3.8) is 0 Å². The highest BCUT2D eigenvalue weighted by Gasteiger charge is 2.23. The summed E-state index contributed by atoms with van der Waals surface area (Å²) in [5.41, 5.74) is 10.1. The number of pyridine rings is 1. The van der Waals surface area contributed by atoms with Crippen molar-refractivity contribution in [2.75, 3.05) is 32.6 Å². The van der Waals surface area contributed by atoms with Gasteiger partial charge in [0, 0.05) is 61.7 Å². The zero-order valence-electron chi connectivity index (χ0n) is 25.2. The van der Waals surface area contributed by atoms with Gasteiger partial charge in [0.1, 0.15) is 17.4 Å². The minimum atomic E-state index is -0.337. The number of nitrogens with zero attached hydrogens (tertiary/aromatic N) is 2. The van der Waals surface area contributed by atoms with Gasteiger partial charge in [0.25, 0.3) is 0 Å². The Hall–Kier alpha value is -4.27. The molecule has 1 atom stereocenters. The number of methoxy groups -OCH3 is 1. The SMILES string of the molecule is COc1cc(-c2cccc(-c3cccc(Nc4nccc5c4CN(C)CC5)c3C)c2C)cc(F)c1CN[C@@H]1CNC(=O)C1. The Bertz CT molecular complexity index is 1690. The number of likely N-dealkylation sites (N-methyl/N-ethyl adjacent to an activating group) is 1. The Morgan fingerprint density at radius 2 is 1.84 bits per heavy atom. The van der Waals surface area contributed by atoms with Gasteiger partial charge in [-0.1, -0.05) is 30.3 Å². The molecule has 0 aliphatic carbocycles. The van der Waals surface area contributed by atoms with Crippen LogP contribution in [0.15, 0.2) is 60.8 Å². The molecular formula is C35H38FN5O2. The first kappa shape index (κ1) is 28.8. The normalized spacial score (nSPS) is 16.6. The van der Waals surface area contributed by atoms with Gasteiger partial charge in [-0.25, -0.2) is 9.37 Å². The second-order valence-electron chi connectivity index (χ2n) is 11.6. The van der Waals surface area contributed by atoms with Crippen LogP contribution >= 0.6 is 0 Å². The maximum atomic E-state index is 15.5. The Morgan fingerprint density at radius 3 is 2.60 bits per heavy atom. The topological polar surface area (TPSA) is 78.5 Å². The van der Waals surface area contributed by atoms with E-state index in [9.17, 15) is 4.79 Å². The van der Waals surface area contributed by atoms with Crippen LogP contribution in [-0.2, 0) is 24.3 Å². The third-order valence-electron chi connectivity index (χ3n) is 8.78. The highest BCUT2D eigenvalue weighted by Crippen LogP contribution is 2.38. The lowest BCUT2D eigenvalue weighted by Crippen LogP contribution is -2.30. The highest BCUT2D eigenvalue weighted by atomic mass is 19.1. The van der Waals surface area contributed by atoms with Crippen molar-refractivity contribution >= 4 is 17.4 Å². The summed E-state index contributed by atoms with van der Waals surface area (Å²) >= 11 is 0. The van der Waals surface area contributed by atoms with Crippen LogP contribution in [0.5, 0.6) is 5.75 Å². The number of nitrogens with one attached hydrogen (secondary N) is 3. The van der Waals surface area contributed by atoms with Crippen LogP contribution in [0.4, 0.5) is 15.9 Å². The fourth-order valence-electron chi connectivity index (χ4n) is 6.26. The summed E-state index contributed by atoms with van der Waals surface area (Å²) in [6.45, 7) is 6.96. The van der Waals surface area contributed by atoms with Crippen molar-refractivity contribution in [3.05, 3.63) is 94.4 Å². The quantitative estimate of drug-likeness (QED) is 0.242. The Balaban J connectivity index is 1.30. The van der Waals surface area contributed by atoms with Crippen LogP contribution < -0.4 is 20.7 Å². The molecule has 0 radical (unpaired) electrons. The molecule has 0 saturated carbocycles. The number of halogens is 1. The molecule has 1 fully saturated rings. The smallest absolute Gasteiger partial charge is 0.221 e. The summed E-state index contributed by atoms with van der Waals surface area (Å²) in [6, 6.07) is 18.0. The van der Waals surface area contributed by atoms with Crippen LogP contribution in [0, 0.1) is 19.7 Å². The van der Waals surface area contributed by atoms with Gasteiger partial charge in [0.15, 0.2) is 0 Å². The number of aromatic nitrogens is 1. The van der Waals surface area contributed by atoms with Crippen LogP contribution in [0.25, 0.3) is 22.3 Å². The molecule has 3 heterocycles. The minimum absolute atomic E-state index is 0.00989. The predicted octanol–water partition coefficient (Wildman–Crippen LogP) is 5.89. The number of hydrogen-bond acceptors (Lipinski definition) is 6. The molecule has 6 rings (SSSR count). The molecule has 222 valence electrons. The van der Waals surface area contributed by atoms with Gasteiger partial charge in [-0.15, -0.1) is 0 Å². The maximum Gasteiger partial charge on any atom is 0.221 e. The molecule has 1 aromatic heterocycles. The van der Waals surface area contributed by atoms with Gasteiger partial charge in [-0.2, -0.15) is 0 Å². The minimum Gasteiger partial charge on any atom is -0.496 e. The first-order valence-corrected chi connectivity index (χ1v) is 14.8. The molecule has 4 aromatic rings. The summed E-state index contributed by atoms with van der Waals surface area (Å²) < 4.78 is 21.2. The Labute approximate surface area is 252 Å². The van der Waals surface area contributed by atoms with Gasteiger partial charge < -0.3 is 25.6 Å². The molecule has 3 N–H and O–H groups in total. The number of carbonyl (C=O) groups excluding carboxylic acids is 1. The van der Waals surface area contributed by atoms with E-state index in [4.69, 9.17) is 9.72 Å².